The van der Waals surface area contributed by atoms with Crippen LogP contribution in [0.5, 0.6) is 5.75 Å². The van der Waals surface area contributed by atoms with Crippen molar-refractivity contribution < 1.29 is 19.6 Å². The van der Waals surface area contributed by atoms with Crippen LogP contribution in [-0.2, 0) is 16.0 Å². The maximum absolute atomic E-state index is 13.7. The number of nitro benzene ring substituents is 1. The van der Waals surface area contributed by atoms with E-state index in [-0.39, 0.29) is 35.1 Å². The van der Waals surface area contributed by atoms with Crippen molar-refractivity contribution in [2.45, 2.75) is 39.2 Å². The van der Waals surface area contributed by atoms with Crippen molar-refractivity contribution >= 4 is 28.8 Å². The van der Waals surface area contributed by atoms with Gasteiger partial charge in [-0.3, -0.25) is 19.7 Å². The fourth-order valence-electron chi connectivity index (χ4n) is 5.57. The van der Waals surface area contributed by atoms with E-state index in [2.05, 4.69) is 24.5 Å². The van der Waals surface area contributed by atoms with Crippen LogP contribution in [0.15, 0.2) is 84.1 Å². The number of fused-ring (bicyclic) bond motifs is 1. The van der Waals surface area contributed by atoms with Gasteiger partial charge in [-0.25, -0.2) is 0 Å². The lowest BCUT2D eigenvalue weighted by Crippen LogP contribution is -2.42. The van der Waals surface area contributed by atoms with Gasteiger partial charge in [-0.05, 0) is 65.8 Å². The second-order valence-electron chi connectivity index (χ2n) is 11.1. The number of Topliss-reactive ketones (excluding diaryl/α,β-unsaturated/α-hetero) is 1. The van der Waals surface area contributed by atoms with Crippen molar-refractivity contribution in [1.29, 1.82) is 0 Å². The lowest BCUT2D eigenvalue weighted by atomic mass is 9.73. The molecule has 0 aromatic heterocycles. The van der Waals surface area contributed by atoms with E-state index in [1.807, 2.05) is 41.3 Å². The molecule has 0 bridgehead atoms. The summed E-state index contributed by atoms with van der Waals surface area (Å²) in [5, 5.41) is 27.3. The van der Waals surface area contributed by atoms with Crippen LogP contribution < -0.4 is 15.5 Å². The molecule has 1 aliphatic heterocycles. The number of nitro groups is 1. The molecule has 0 saturated carbocycles. The zero-order valence-corrected chi connectivity index (χ0v) is 22.5. The number of nitrogens with zero attached hydrogens (tertiary/aromatic N) is 2. The third-order valence-electron chi connectivity index (χ3n) is 7.41. The first-order valence-corrected chi connectivity index (χ1v) is 13.3. The molecule has 3 aromatic rings. The quantitative estimate of drug-likeness (QED) is 0.275. The van der Waals surface area contributed by atoms with Gasteiger partial charge in [-0.2, -0.15) is 0 Å². The van der Waals surface area contributed by atoms with E-state index in [1.165, 1.54) is 12.1 Å². The number of non-ortho nitro benzene ring substituents is 1. The van der Waals surface area contributed by atoms with E-state index >= 15 is 0 Å². The molecule has 0 radical (unpaired) electrons. The predicted molar refractivity (Wildman–Crippen MR) is 153 cm³/mol. The van der Waals surface area contributed by atoms with Crippen LogP contribution in [0.2, 0.25) is 0 Å². The standard InChI is InChI=1S/C31H32N4O5/c1-31(2)17-25-29(27(37)18-31)30(21-9-11-22(12-10-21)35(39)40)34(26-6-4-3-5-24(26)33-25)19-28(38)32-16-15-20-7-13-23(36)14-8-20/h3-14,30,33,36H,15-19H2,1-2H3,(H,32,38). The number of aromatic hydroxyl groups is 1. The number of carbonyl (C=O) groups excluding carboxylic acids is 2. The summed E-state index contributed by atoms with van der Waals surface area (Å²) in [6.45, 7) is 4.50. The Balaban J connectivity index is 1.51. The summed E-state index contributed by atoms with van der Waals surface area (Å²) in [6.07, 6.45) is 1.61. The highest BCUT2D eigenvalue weighted by Gasteiger charge is 2.42. The predicted octanol–water partition coefficient (Wildman–Crippen LogP) is 5.28. The van der Waals surface area contributed by atoms with Crippen molar-refractivity contribution in [2.75, 3.05) is 23.3 Å². The first kappa shape index (κ1) is 26.9. The van der Waals surface area contributed by atoms with Crippen LogP contribution in [-0.4, -0.2) is 34.8 Å². The average molecular weight is 541 g/mol. The van der Waals surface area contributed by atoms with Crippen LogP contribution in [0, 0.1) is 15.5 Å². The molecule has 0 spiro atoms. The number of allylic oxidation sites excluding steroid dienone is 1. The molecule has 0 saturated heterocycles. The monoisotopic (exact) mass is 540 g/mol. The summed E-state index contributed by atoms with van der Waals surface area (Å²) >= 11 is 0. The van der Waals surface area contributed by atoms with Gasteiger partial charge in [-0.1, -0.05) is 38.1 Å². The summed E-state index contributed by atoms with van der Waals surface area (Å²) in [7, 11) is 0. The zero-order valence-electron chi connectivity index (χ0n) is 22.5. The molecule has 0 fully saturated rings. The minimum absolute atomic E-state index is 0.00681. The summed E-state index contributed by atoms with van der Waals surface area (Å²) < 4.78 is 0. The number of hydrogen-bond donors (Lipinski definition) is 3. The zero-order chi connectivity index (χ0) is 28.4. The van der Waals surface area contributed by atoms with Gasteiger partial charge in [-0.15, -0.1) is 0 Å². The number of amides is 1. The molecule has 5 rings (SSSR count). The van der Waals surface area contributed by atoms with Crippen LogP contribution in [0.4, 0.5) is 17.1 Å². The van der Waals surface area contributed by atoms with Crippen molar-refractivity contribution in [3.63, 3.8) is 0 Å². The Morgan fingerprint density at radius 2 is 1.77 bits per heavy atom. The minimum Gasteiger partial charge on any atom is -0.508 e. The highest BCUT2D eigenvalue weighted by molar-refractivity contribution is 6.01. The molecule has 1 heterocycles. The van der Waals surface area contributed by atoms with E-state index in [9.17, 15) is 24.8 Å². The van der Waals surface area contributed by atoms with E-state index in [0.717, 1.165) is 22.6 Å². The number of para-hydroxylation sites is 2. The first-order valence-electron chi connectivity index (χ1n) is 13.3. The van der Waals surface area contributed by atoms with Gasteiger partial charge >= 0.3 is 0 Å². The fraction of sp³-hybridized carbons (Fsp3) is 0.290. The van der Waals surface area contributed by atoms with Gasteiger partial charge in [0.05, 0.1) is 28.9 Å². The number of nitrogens with one attached hydrogen (secondary N) is 2. The fourth-order valence-corrected chi connectivity index (χ4v) is 5.57. The third kappa shape index (κ3) is 5.68. The molecule has 3 N–H and O–H groups in total. The Hall–Kier alpha value is -4.66. The largest absolute Gasteiger partial charge is 0.508 e. The number of anilines is 2. The maximum atomic E-state index is 13.7. The van der Waals surface area contributed by atoms with Crippen molar-refractivity contribution in [3.05, 3.63) is 105 Å². The van der Waals surface area contributed by atoms with E-state index in [4.69, 9.17) is 0 Å². The highest BCUT2D eigenvalue weighted by atomic mass is 16.6. The summed E-state index contributed by atoms with van der Waals surface area (Å²) in [4.78, 5) is 39.9. The van der Waals surface area contributed by atoms with Crippen LogP contribution in [0.25, 0.3) is 0 Å². The molecule has 1 unspecified atom stereocenters. The average Bonchev–Trinajstić information content (AvgIpc) is 3.03. The number of carbonyl (C=O) groups is 2. The smallest absolute Gasteiger partial charge is 0.269 e. The molecule has 1 atom stereocenters. The summed E-state index contributed by atoms with van der Waals surface area (Å²) in [5.41, 5.74) is 4.35. The van der Waals surface area contributed by atoms with Gasteiger partial charge in [0.2, 0.25) is 5.91 Å². The number of phenols is 1. The Kier molecular flexibility index (Phi) is 7.30. The molecular formula is C31H32N4O5. The second-order valence-corrected chi connectivity index (χ2v) is 11.1. The SMILES string of the molecule is CC1(C)CC(=O)C2=C(C1)Nc1ccccc1N(CC(=O)NCCc1ccc(O)cc1)C2c1ccc([N+](=O)[O-])cc1. The Morgan fingerprint density at radius 3 is 2.48 bits per heavy atom. The molecule has 9 heteroatoms. The van der Waals surface area contributed by atoms with Gasteiger partial charge < -0.3 is 20.6 Å². The Labute approximate surface area is 232 Å². The van der Waals surface area contributed by atoms with Gasteiger partial charge in [0.15, 0.2) is 5.78 Å². The summed E-state index contributed by atoms with van der Waals surface area (Å²) in [5.74, 6) is -0.0337. The topological polar surface area (TPSA) is 125 Å². The lowest BCUT2D eigenvalue weighted by Gasteiger charge is -2.37. The Bertz CT molecular complexity index is 1480. The first-order chi connectivity index (χ1) is 19.1. The van der Waals surface area contributed by atoms with Crippen LogP contribution in [0.3, 0.4) is 0 Å². The van der Waals surface area contributed by atoms with Crippen molar-refractivity contribution in [2.24, 2.45) is 5.41 Å². The molecule has 40 heavy (non-hydrogen) atoms. The van der Waals surface area contributed by atoms with E-state index in [1.54, 1.807) is 24.3 Å². The second kappa shape index (κ2) is 10.8. The molecule has 206 valence electrons. The molecule has 2 aliphatic rings. The van der Waals surface area contributed by atoms with Gasteiger partial charge in [0.25, 0.3) is 5.69 Å². The van der Waals surface area contributed by atoms with Crippen LogP contribution >= 0.6 is 0 Å². The molecule has 9 nitrogen and oxygen atoms in total. The minimum atomic E-state index is -0.613. The Morgan fingerprint density at radius 1 is 1.07 bits per heavy atom. The number of rotatable bonds is 7. The van der Waals surface area contributed by atoms with E-state index < -0.39 is 11.0 Å². The van der Waals surface area contributed by atoms with Crippen LogP contribution in [0.1, 0.15) is 43.9 Å². The third-order valence-corrected chi connectivity index (χ3v) is 7.41. The van der Waals surface area contributed by atoms with Crippen molar-refractivity contribution in [3.8, 4) is 5.75 Å². The van der Waals surface area contributed by atoms with Gasteiger partial charge in [0.1, 0.15) is 5.75 Å². The number of ketones is 1. The molecular weight excluding hydrogens is 508 g/mol. The summed E-state index contributed by atoms with van der Waals surface area (Å²) in [6, 6.07) is 20.1. The molecule has 1 amide bonds. The lowest BCUT2D eigenvalue weighted by molar-refractivity contribution is -0.384. The van der Waals surface area contributed by atoms with E-state index in [0.29, 0.717) is 36.9 Å². The van der Waals surface area contributed by atoms with Gasteiger partial charge in [0, 0.05) is 36.4 Å². The normalized spacial score (nSPS) is 17.8. The number of phenolic OH excluding ortho intramolecular Hbond substituents is 1. The molecule has 3 aromatic carbocycles. The number of hydrogen-bond acceptors (Lipinski definition) is 7. The highest BCUT2D eigenvalue weighted by Crippen LogP contribution is 2.48. The molecule has 1 aliphatic carbocycles. The number of benzene rings is 3. The van der Waals surface area contributed by atoms with Crippen molar-refractivity contribution in [1.82, 2.24) is 5.32 Å². The maximum Gasteiger partial charge on any atom is 0.269 e.